The molecule has 21 heavy (non-hydrogen) atoms. The second-order valence-corrected chi connectivity index (χ2v) is 8.08. The zero-order valence-corrected chi connectivity index (χ0v) is 14.3. The fraction of sp³-hybridized carbons (Fsp3) is 0.571. The second kappa shape index (κ2) is 6.42. The average molecular weight is 351 g/mol. The van der Waals surface area contributed by atoms with Gasteiger partial charge in [0.05, 0.1) is 4.90 Å². The van der Waals surface area contributed by atoms with Crippen molar-refractivity contribution in [3.05, 3.63) is 28.8 Å². The Hall–Kier alpha value is -0.330. The molecule has 7 heteroatoms. The molecule has 0 amide bonds. The molecule has 2 fully saturated rings. The molecule has 2 atom stereocenters. The van der Waals surface area contributed by atoms with Crippen LogP contribution >= 0.6 is 24.0 Å². The average Bonchev–Trinajstić information content (AvgIpc) is 2.85. The first kappa shape index (κ1) is 17.0. The molecule has 0 aliphatic carbocycles. The molecule has 2 aliphatic rings. The van der Waals surface area contributed by atoms with Crippen LogP contribution in [0.15, 0.2) is 23.1 Å². The zero-order valence-electron chi connectivity index (χ0n) is 11.9. The van der Waals surface area contributed by atoms with E-state index in [1.54, 1.807) is 29.4 Å². The van der Waals surface area contributed by atoms with E-state index in [1.807, 2.05) is 0 Å². The Labute approximate surface area is 137 Å². The molecule has 1 N–H and O–H groups in total. The van der Waals surface area contributed by atoms with Crippen molar-refractivity contribution >= 4 is 34.0 Å². The minimum atomic E-state index is -3.40. The molecule has 118 valence electrons. The molecule has 1 aromatic carbocycles. The highest BCUT2D eigenvalue weighted by molar-refractivity contribution is 7.89. The summed E-state index contributed by atoms with van der Waals surface area (Å²) < 4.78 is 27.2. The third-order valence-electron chi connectivity index (χ3n) is 4.42. The molecule has 2 saturated heterocycles. The Bertz CT molecular complexity index is 621. The van der Waals surface area contributed by atoms with Gasteiger partial charge >= 0.3 is 0 Å². The summed E-state index contributed by atoms with van der Waals surface area (Å²) in [5, 5.41) is 3.93. The quantitative estimate of drug-likeness (QED) is 0.890. The Morgan fingerprint density at radius 3 is 2.71 bits per heavy atom. The van der Waals surface area contributed by atoms with E-state index in [4.69, 9.17) is 11.6 Å². The van der Waals surface area contributed by atoms with Crippen LogP contribution in [0.1, 0.15) is 12.0 Å². The highest BCUT2D eigenvalue weighted by atomic mass is 35.5. The Kier molecular flexibility index (Phi) is 5.21. The Morgan fingerprint density at radius 1 is 1.29 bits per heavy atom. The van der Waals surface area contributed by atoms with Crippen LogP contribution in [-0.4, -0.2) is 38.9 Å². The fourth-order valence-corrected chi connectivity index (χ4v) is 5.21. The Balaban J connectivity index is 0.00000161. The first-order chi connectivity index (χ1) is 9.48. The largest absolute Gasteiger partial charge is 0.316 e. The number of benzene rings is 1. The molecular formula is C14H20Cl2N2O2S. The van der Waals surface area contributed by atoms with E-state index < -0.39 is 10.0 Å². The predicted octanol–water partition coefficient (Wildman–Crippen LogP) is 2.30. The number of nitrogens with zero attached hydrogens (tertiary/aromatic N) is 1. The van der Waals surface area contributed by atoms with E-state index in [2.05, 4.69) is 5.32 Å². The number of aryl methyl sites for hydroxylation is 1. The maximum Gasteiger partial charge on any atom is 0.243 e. The van der Waals surface area contributed by atoms with Crippen LogP contribution in [-0.2, 0) is 10.0 Å². The van der Waals surface area contributed by atoms with Gasteiger partial charge in [-0.3, -0.25) is 0 Å². The molecule has 0 aromatic heterocycles. The van der Waals surface area contributed by atoms with Crippen molar-refractivity contribution in [2.75, 3.05) is 26.2 Å². The van der Waals surface area contributed by atoms with Gasteiger partial charge in [0.15, 0.2) is 0 Å². The van der Waals surface area contributed by atoms with Gasteiger partial charge in [-0.2, -0.15) is 4.31 Å². The maximum absolute atomic E-state index is 12.8. The van der Waals surface area contributed by atoms with Gasteiger partial charge in [0.25, 0.3) is 0 Å². The monoisotopic (exact) mass is 350 g/mol. The molecular weight excluding hydrogens is 331 g/mol. The van der Waals surface area contributed by atoms with Crippen LogP contribution in [0.4, 0.5) is 0 Å². The summed E-state index contributed by atoms with van der Waals surface area (Å²) >= 11 is 5.91. The lowest BCUT2D eigenvalue weighted by Gasteiger charge is -2.33. The summed E-state index contributed by atoms with van der Waals surface area (Å²) in [5.41, 5.74) is 0.712. The van der Waals surface area contributed by atoms with Gasteiger partial charge in [-0.15, -0.1) is 12.4 Å². The van der Waals surface area contributed by atoms with Crippen LogP contribution in [0, 0.1) is 18.8 Å². The first-order valence-corrected chi connectivity index (χ1v) is 8.77. The lowest BCUT2D eigenvalue weighted by Crippen LogP contribution is -2.43. The van der Waals surface area contributed by atoms with Crippen LogP contribution in [0.25, 0.3) is 0 Å². The van der Waals surface area contributed by atoms with Gasteiger partial charge in [0, 0.05) is 18.1 Å². The standard InChI is InChI=1S/C14H19ClN2O2S.ClH/c1-10-6-13(15)2-3-14(10)20(18,19)17-5-4-11-7-16-8-12(11)9-17;/h2-3,6,11-12,16H,4-5,7-9H2,1H3;1H. The first-order valence-electron chi connectivity index (χ1n) is 6.95. The van der Waals surface area contributed by atoms with Gasteiger partial charge in [0.1, 0.15) is 0 Å². The number of nitrogens with one attached hydrogen (secondary N) is 1. The van der Waals surface area contributed by atoms with Gasteiger partial charge in [0.2, 0.25) is 10.0 Å². The van der Waals surface area contributed by atoms with Crippen molar-refractivity contribution in [2.24, 2.45) is 11.8 Å². The van der Waals surface area contributed by atoms with Crippen LogP contribution < -0.4 is 5.32 Å². The number of fused-ring (bicyclic) bond motifs is 1. The fourth-order valence-electron chi connectivity index (χ4n) is 3.26. The predicted molar refractivity (Wildman–Crippen MR) is 86.7 cm³/mol. The van der Waals surface area contributed by atoms with Crippen LogP contribution in [0.2, 0.25) is 5.02 Å². The molecule has 4 nitrogen and oxygen atoms in total. The SMILES string of the molecule is Cc1cc(Cl)ccc1S(=O)(=O)N1CCC2CNCC2C1.Cl. The highest BCUT2D eigenvalue weighted by Gasteiger charge is 2.38. The molecule has 1 aromatic rings. The maximum atomic E-state index is 12.8. The lowest BCUT2D eigenvalue weighted by molar-refractivity contribution is 0.228. The number of sulfonamides is 1. The van der Waals surface area contributed by atoms with Crippen LogP contribution in [0.5, 0.6) is 0 Å². The third kappa shape index (κ3) is 3.22. The van der Waals surface area contributed by atoms with Crippen molar-refractivity contribution in [1.82, 2.24) is 9.62 Å². The molecule has 3 rings (SSSR count). The molecule has 2 heterocycles. The highest BCUT2D eigenvalue weighted by Crippen LogP contribution is 2.31. The smallest absolute Gasteiger partial charge is 0.243 e. The summed E-state index contributed by atoms with van der Waals surface area (Å²) in [7, 11) is -3.40. The van der Waals surface area contributed by atoms with Crippen molar-refractivity contribution in [3.8, 4) is 0 Å². The normalized spacial score (nSPS) is 26.2. The minimum absolute atomic E-state index is 0. The van der Waals surface area contributed by atoms with Crippen molar-refractivity contribution < 1.29 is 8.42 Å². The van der Waals surface area contributed by atoms with E-state index in [0.29, 0.717) is 40.4 Å². The lowest BCUT2D eigenvalue weighted by atomic mass is 9.90. The van der Waals surface area contributed by atoms with E-state index in [-0.39, 0.29) is 12.4 Å². The topological polar surface area (TPSA) is 49.4 Å². The molecule has 2 aliphatic heterocycles. The van der Waals surface area contributed by atoms with Crippen molar-refractivity contribution in [2.45, 2.75) is 18.2 Å². The van der Waals surface area contributed by atoms with Crippen molar-refractivity contribution in [3.63, 3.8) is 0 Å². The summed E-state index contributed by atoms with van der Waals surface area (Å²) in [6, 6.07) is 4.97. The molecule has 0 saturated carbocycles. The van der Waals surface area contributed by atoms with E-state index >= 15 is 0 Å². The molecule has 0 spiro atoms. The summed E-state index contributed by atoms with van der Waals surface area (Å²) in [6.45, 7) is 4.99. The van der Waals surface area contributed by atoms with Crippen molar-refractivity contribution in [1.29, 1.82) is 0 Å². The van der Waals surface area contributed by atoms with Crippen LogP contribution in [0.3, 0.4) is 0 Å². The van der Waals surface area contributed by atoms with Gasteiger partial charge in [-0.25, -0.2) is 8.42 Å². The summed E-state index contributed by atoms with van der Waals surface area (Å²) in [6.07, 6.45) is 0.948. The van der Waals surface area contributed by atoms with E-state index in [0.717, 1.165) is 19.5 Å². The minimum Gasteiger partial charge on any atom is -0.316 e. The number of hydrogen-bond donors (Lipinski definition) is 1. The van der Waals surface area contributed by atoms with E-state index in [9.17, 15) is 8.42 Å². The van der Waals surface area contributed by atoms with E-state index in [1.165, 1.54) is 0 Å². The molecule has 0 bridgehead atoms. The summed E-state index contributed by atoms with van der Waals surface area (Å²) in [5.74, 6) is 1.08. The summed E-state index contributed by atoms with van der Waals surface area (Å²) in [4.78, 5) is 0.381. The number of hydrogen-bond acceptors (Lipinski definition) is 3. The molecule has 0 radical (unpaired) electrons. The second-order valence-electron chi connectivity index (χ2n) is 5.74. The molecule has 2 unspecified atom stereocenters. The number of halogens is 2. The number of piperidine rings is 1. The van der Waals surface area contributed by atoms with Gasteiger partial charge < -0.3 is 5.32 Å². The zero-order chi connectivity index (χ0) is 14.3. The third-order valence-corrected chi connectivity index (χ3v) is 6.68. The van der Waals surface area contributed by atoms with Gasteiger partial charge in [-0.1, -0.05) is 11.6 Å². The number of rotatable bonds is 2. The Morgan fingerprint density at radius 2 is 2.00 bits per heavy atom. The van der Waals surface area contributed by atoms with Gasteiger partial charge in [-0.05, 0) is 62.0 Å².